The smallest absolute Gasteiger partial charge is 0.299 e. The molecule has 3 rings (SSSR count). The molecule has 1 amide bonds. The Morgan fingerprint density at radius 3 is 2.70 bits per heavy atom. The highest BCUT2D eigenvalue weighted by atomic mass is 16.2. The van der Waals surface area contributed by atoms with Gasteiger partial charge in [0.05, 0.1) is 11.3 Å². The van der Waals surface area contributed by atoms with Crippen LogP contribution in [-0.2, 0) is 4.79 Å². The highest BCUT2D eigenvalue weighted by Crippen LogP contribution is 2.35. The van der Waals surface area contributed by atoms with Crippen molar-refractivity contribution in [2.45, 2.75) is 26.2 Å². The van der Waals surface area contributed by atoms with E-state index in [0.717, 1.165) is 36.8 Å². The lowest BCUT2D eigenvalue weighted by Crippen LogP contribution is -2.27. The zero-order chi connectivity index (χ0) is 14.3. The van der Waals surface area contributed by atoms with Crippen molar-refractivity contribution in [3.8, 4) is 0 Å². The minimum Gasteiger partial charge on any atom is -0.371 e. The zero-order valence-electron chi connectivity index (χ0n) is 12.1. The summed E-state index contributed by atoms with van der Waals surface area (Å²) in [5.41, 5.74) is 2.39. The first kappa shape index (κ1) is 13.2. The standard InChI is InChI=1S/C16H20N2O2/c1-3-8-18(10-11-4-5-11)12-6-7-13-14(9-12)17(2)16(20)15(13)19/h6-7,9,11H,3-5,8,10H2,1-2H3. The number of nitrogens with zero attached hydrogens (tertiary/aromatic N) is 2. The fourth-order valence-electron chi connectivity index (χ4n) is 2.77. The SMILES string of the molecule is CCCN(CC1CC1)c1ccc2c(c1)N(C)C(=O)C2=O. The molecular weight excluding hydrogens is 252 g/mol. The predicted molar refractivity (Wildman–Crippen MR) is 79.4 cm³/mol. The van der Waals surface area contributed by atoms with Crippen molar-refractivity contribution in [2.24, 2.45) is 5.92 Å². The second kappa shape index (κ2) is 4.93. The lowest BCUT2D eigenvalue weighted by Gasteiger charge is -2.25. The molecule has 2 aliphatic rings. The van der Waals surface area contributed by atoms with Crippen molar-refractivity contribution in [1.29, 1.82) is 0 Å². The van der Waals surface area contributed by atoms with Crippen LogP contribution in [0.5, 0.6) is 0 Å². The van der Waals surface area contributed by atoms with Gasteiger partial charge in [0.1, 0.15) is 0 Å². The van der Waals surface area contributed by atoms with Gasteiger partial charge in [-0.15, -0.1) is 0 Å². The molecule has 1 heterocycles. The third-order valence-electron chi connectivity index (χ3n) is 4.12. The molecule has 4 nitrogen and oxygen atoms in total. The fraction of sp³-hybridized carbons (Fsp3) is 0.500. The average molecular weight is 272 g/mol. The van der Waals surface area contributed by atoms with Gasteiger partial charge < -0.3 is 9.80 Å². The second-order valence-corrected chi connectivity index (χ2v) is 5.78. The third-order valence-corrected chi connectivity index (χ3v) is 4.12. The number of fused-ring (bicyclic) bond motifs is 1. The number of benzene rings is 1. The van der Waals surface area contributed by atoms with Crippen LogP contribution in [-0.4, -0.2) is 31.8 Å². The Morgan fingerprint density at radius 1 is 1.30 bits per heavy atom. The van der Waals surface area contributed by atoms with E-state index >= 15 is 0 Å². The van der Waals surface area contributed by atoms with Crippen LogP contribution < -0.4 is 9.80 Å². The summed E-state index contributed by atoms with van der Waals surface area (Å²) in [5.74, 6) is -0.00420. The van der Waals surface area contributed by atoms with E-state index in [4.69, 9.17) is 0 Å². The molecule has 0 saturated heterocycles. The zero-order valence-corrected chi connectivity index (χ0v) is 12.1. The van der Waals surface area contributed by atoms with Crippen molar-refractivity contribution in [3.05, 3.63) is 23.8 Å². The van der Waals surface area contributed by atoms with E-state index in [2.05, 4.69) is 11.8 Å². The summed E-state index contributed by atoms with van der Waals surface area (Å²) in [6.45, 7) is 4.27. The minimum absolute atomic E-state index is 0.390. The van der Waals surface area contributed by atoms with Gasteiger partial charge in [0.15, 0.2) is 0 Å². The molecule has 1 fully saturated rings. The highest BCUT2D eigenvalue weighted by molar-refractivity contribution is 6.52. The van der Waals surface area contributed by atoms with Crippen molar-refractivity contribution < 1.29 is 9.59 Å². The van der Waals surface area contributed by atoms with Crippen molar-refractivity contribution in [1.82, 2.24) is 0 Å². The van der Waals surface area contributed by atoms with E-state index in [-0.39, 0.29) is 0 Å². The molecule has 20 heavy (non-hydrogen) atoms. The maximum atomic E-state index is 11.8. The summed E-state index contributed by atoms with van der Waals surface area (Å²) in [4.78, 5) is 27.4. The lowest BCUT2D eigenvalue weighted by atomic mass is 10.1. The summed E-state index contributed by atoms with van der Waals surface area (Å²) in [6.07, 6.45) is 3.74. The van der Waals surface area contributed by atoms with Gasteiger partial charge in [0, 0.05) is 25.8 Å². The number of carbonyl (C=O) groups excluding carboxylic acids is 2. The Balaban J connectivity index is 1.90. The van der Waals surface area contributed by atoms with E-state index in [0.29, 0.717) is 5.56 Å². The topological polar surface area (TPSA) is 40.6 Å². The molecule has 1 aliphatic heterocycles. The van der Waals surface area contributed by atoms with Crippen LogP contribution >= 0.6 is 0 Å². The van der Waals surface area contributed by atoms with Crippen LogP contribution in [0.3, 0.4) is 0 Å². The second-order valence-electron chi connectivity index (χ2n) is 5.78. The molecule has 0 aromatic heterocycles. The average Bonchev–Trinajstić information content (AvgIpc) is 3.24. The maximum Gasteiger partial charge on any atom is 0.299 e. The first-order valence-corrected chi connectivity index (χ1v) is 7.33. The van der Waals surface area contributed by atoms with Crippen LogP contribution in [0.1, 0.15) is 36.5 Å². The molecule has 1 aromatic carbocycles. The van der Waals surface area contributed by atoms with E-state index in [9.17, 15) is 9.59 Å². The Kier molecular flexibility index (Phi) is 3.24. The van der Waals surface area contributed by atoms with Crippen LogP contribution in [0.15, 0.2) is 18.2 Å². The summed E-state index contributed by atoms with van der Waals surface area (Å²) in [5, 5.41) is 0. The van der Waals surface area contributed by atoms with Crippen molar-refractivity contribution in [2.75, 3.05) is 29.9 Å². The Morgan fingerprint density at radius 2 is 2.05 bits per heavy atom. The number of hydrogen-bond donors (Lipinski definition) is 0. The normalized spacial score (nSPS) is 17.6. The summed E-state index contributed by atoms with van der Waals surface area (Å²) >= 11 is 0. The number of rotatable bonds is 5. The van der Waals surface area contributed by atoms with Gasteiger partial charge in [-0.25, -0.2) is 0 Å². The lowest BCUT2D eigenvalue weighted by molar-refractivity contribution is -0.114. The van der Waals surface area contributed by atoms with Gasteiger partial charge in [-0.3, -0.25) is 9.59 Å². The van der Waals surface area contributed by atoms with E-state index in [1.807, 2.05) is 12.1 Å². The number of Topliss-reactive ketones (excluding diaryl/α,β-unsaturated/α-hetero) is 1. The van der Waals surface area contributed by atoms with Gasteiger partial charge in [-0.2, -0.15) is 0 Å². The van der Waals surface area contributed by atoms with Gasteiger partial charge in [0.2, 0.25) is 0 Å². The molecule has 0 atom stereocenters. The van der Waals surface area contributed by atoms with Crippen molar-refractivity contribution >= 4 is 23.1 Å². The quantitative estimate of drug-likeness (QED) is 0.773. The Labute approximate surface area is 119 Å². The number of anilines is 2. The van der Waals surface area contributed by atoms with Gasteiger partial charge >= 0.3 is 0 Å². The largest absolute Gasteiger partial charge is 0.371 e. The summed E-state index contributed by atoms with van der Waals surface area (Å²) in [6, 6.07) is 5.75. The number of amides is 1. The summed E-state index contributed by atoms with van der Waals surface area (Å²) < 4.78 is 0. The molecule has 1 saturated carbocycles. The van der Waals surface area contributed by atoms with E-state index in [1.165, 1.54) is 17.7 Å². The maximum absolute atomic E-state index is 11.8. The molecule has 4 heteroatoms. The van der Waals surface area contributed by atoms with Crippen molar-refractivity contribution in [3.63, 3.8) is 0 Å². The molecule has 1 aromatic rings. The van der Waals surface area contributed by atoms with Crippen LogP contribution in [0.25, 0.3) is 0 Å². The highest BCUT2D eigenvalue weighted by Gasteiger charge is 2.34. The number of hydrogen-bond acceptors (Lipinski definition) is 3. The molecular formula is C16H20N2O2. The Bertz CT molecular complexity index is 564. The van der Waals surface area contributed by atoms with E-state index < -0.39 is 11.7 Å². The number of likely N-dealkylation sites (N-methyl/N-ethyl adjacent to an activating group) is 1. The monoisotopic (exact) mass is 272 g/mol. The van der Waals surface area contributed by atoms with Crippen LogP contribution in [0.2, 0.25) is 0 Å². The minimum atomic E-state index is -0.429. The molecule has 106 valence electrons. The van der Waals surface area contributed by atoms with Crippen LogP contribution in [0.4, 0.5) is 11.4 Å². The predicted octanol–water partition coefficient (Wildman–Crippen LogP) is 2.47. The first-order valence-electron chi connectivity index (χ1n) is 7.33. The molecule has 0 N–H and O–H groups in total. The van der Waals surface area contributed by atoms with E-state index in [1.54, 1.807) is 13.1 Å². The molecule has 0 radical (unpaired) electrons. The fourth-order valence-corrected chi connectivity index (χ4v) is 2.77. The molecule has 1 aliphatic carbocycles. The third kappa shape index (κ3) is 2.19. The first-order chi connectivity index (χ1) is 9.61. The molecule has 0 unspecified atom stereocenters. The molecule has 0 bridgehead atoms. The van der Waals surface area contributed by atoms with Crippen LogP contribution in [0, 0.1) is 5.92 Å². The van der Waals surface area contributed by atoms with Gasteiger partial charge in [-0.05, 0) is 43.4 Å². The Hall–Kier alpha value is -1.84. The van der Waals surface area contributed by atoms with Gasteiger partial charge in [0.25, 0.3) is 11.7 Å². The number of carbonyl (C=O) groups is 2. The number of ketones is 1. The summed E-state index contributed by atoms with van der Waals surface area (Å²) in [7, 11) is 1.67. The van der Waals surface area contributed by atoms with Gasteiger partial charge in [-0.1, -0.05) is 6.92 Å². The molecule has 0 spiro atoms.